The Bertz CT molecular complexity index is 531. The van der Waals surface area contributed by atoms with Gasteiger partial charge in [-0.1, -0.05) is 6.92 Å². The van der Waals surface area contributed by atoms with Gasteiger partial charge in [0.2, 0.25) is 11.6 Å². The second-order valence-corrected chi connectivity index (χ2v) is 3.65. The first-order valence-electron chi connectivity index (χ1n) is 5.13. The Kier molecular flexibility index (Phi) is 2.66. The van der Waals surface area contributed by atoms with Crippen LogP contribution in [0.25, 0.3) is 5.78 Å². The van der Waals surface area contributed by atoms with Crippen LogP contribution in [0.15, 0.2) is 12.4 Å². The van der Waals surface area contributed by atoms with E-state index in [1.165, 1.54) is 4.52 Å². The minimum Gasteiger partial charge on any atom is -0.321 e. The topological polar surface area (TPSA) is 86.2 Å². The van der Waals surface area contributed by atoms with Crippen LogP contribution in [-0.4, -0.2) is 31.4 Å². The Morgan fingerprint density at radius 3 is 3.00 bits per heavy atom. The van der Waals surface area contributed by atoms with Crippen molar-refractivity contribution in [3.05, 3.63) is 23.8 Å². The number of hydrogen-bond donors (Lipinski definition) is 1. The Hall–Kier alpha value is -1.82. The summed E-state index contributed by atoms with van der Waals surface area (Å²) in [5, 5.41) is 4.06. The lowest BCUT2D eigenvalue weighted by molar-refractivity contribution is 0.0958. The smallest absolute Gasteiger partial charge is 0.252 e. The summed E-state index contributed by atoms with van der Waals surface area (Å²) < 4.78 is 1.51. The monoisotopic (exact) mass is 219 g/mol. The van der Waals surface area contributed by atoms with E-state index >= 15 is 0 Å². The first kappa shape index (κ1) is 10.7. The van der Waals surface area contributed by atoms with E-state index in [1.807, 2.05) is 13.1 Å². The summed E-state index contributed by atoms with van der Waals surface area (Å²) in [6.07, 6.45) is 4.40. The molecular weight excluding hydrogens is 206 g/mol. The molecular formula is C10H13N5O. The third-order valence-corrected chi connectivity index (χ3v) is 2.29. The summed E-state index contributed by atoms with van der Waals surface area (Å²) in [7, 11) is 0. The van der Waals surface area contributed by atoms with Gasteiger partial charge < -0.3 is 5.73 Å². The number of rotatable bonds is 3. The molecule has 2 aromatic rings. The van der Waals surface area contributed by atoms with Gasteiger partial charge in [-0.3, -0.25) is 4.79 Å². The fourth-order valence-corrected chi connectivity index (χ4v) is 1.31. The molecule has 2 N–H and O–H groups in total. The number of fused-ring (bicyclic) bond motifs is 1. The maximum Gasteiger partial charge on any atom is 0.252 e. The van der Waals surface area contributed by atoms with Gasteiger partial charge >= 0.3 is 0 Å². The number of ketones is 1. The van der Waals surface area contributed by atoms with Crippen molar-refractivity contribution in [3.63, 3.8) is 0 Å². The predicted molar refractivity (Wildman–Crippen MR) is 58.1 cm³/mol. The lowest BCUT2D eigenvalue weighted by Gasteiger charge is -1.96. The molecule has 2 heterocycles. The molecule has 84 valence electrons. The van der Waals surface area contributed by atoms with Crippen molar-refractivity contribution >= 4 is 11.6 Å². The van der Waals surface area contributed by atoms with Gasteiger partial charge in [0.15, 0.2) is 0 Å². The molecule has 1 atom stereocenters. The Morgan fingerprint density at radius 2 is 2.38 bits per heavy atom. The third-order valence-electron chi connectivity index (χ3n) is 2.29. The maximum absolute atomic E-state index is 11.6. The normalized spacial score (nSPS) is 12.9. The molecule has 2 rings (SSSR count). The van der Waals surface area contributed by atoms with Crippen molar-refractivity contribution < 1.29 is 4.79 Å². The van der Waals surface area contributed by atoms with Crippen LogP contribution >= 0.6 is 0 Å². The van der Waals surface area contributed by atoms with E-state index in [9.17, 15) is 4.79 Å². The standard InChI is InChI=1S/C10H13N5O/c1-3-7-4-12-10-13-9(8(16)6(2)11)14-15(10)5-7/h4-6H,3,11H2,1-2H3. The highest BCUT2D eigenvalue weighted by Gasteiger charge is 2.17. The number of nitrogens with two attached hydrogens (primary N) is 1. The van der Waals surface area contributed by atoms with Gasteiger partial charge in [-0.2, -0.15) is 4.98 Å². The Labute approximate surface area is 92.5 Å². The quantitative estimate of drug-likeness (QED) is 0.746. The van der Waals surface area contributed by atoms with Crippen LogP contribution in [0.3, 0.4) is 0 Å². The summed E-state index contributed by atoms with van der Waals surface area (Å²) in [6.45, 7) is 3.63. The summed E-state index contributed by atoms with van der Waals surface area (Å²) in [4.78, 5) is 19.7. The highest BCUT2D eigenvalue weighted by atomic mass is 16.1. The molecule has 0 aliphatic rings. The lowest BCUT2D eigenvalue weighted by atomic mass is 10.2. The number of carbonyl (C=O) groups is 1. The summed E-state index contributed by atoms with van der Waals surface area (Å²) in [5.41, 5.74) is 6.53. The van der Waals surface area contributed by atoms with E-state index in [0.717, 1.165) is 12.0 Å². The molecule has 0 bridgehead atoms. The van der Waals surface area contributed by atoms with Gasteiger partial charge in [-0.25, -0.2) is 9.50 Å². The van der Waals surface area contributed by atoms with Crippen molar-refractivity contribution in [1.82, 2.24) is 19.6 Å². The zero-order chi connectivity index (χ0) is 11.7. The Morgan fingerprint density at radius 1 is 1.62 bits per heavy atom. The zero-order valence-electron chi connectivity index (χ0n) is 9.21. The number of aryl methyl sites for hydroxylation is 1. The maximum atomic E-state index is 11.6. The molecule has 0 amide bonds. The highest BCUT2D eigenvalue weighted by molar-refractivity contribution is 5.96. The van der Waals surface area contributed by atoms with Gasteiger partial charge in [0.1, 0.15) is 0 Å². The van der Waals surface area contributed by atoms with E-state index < -0.39 is 6.04 Å². The highest BCUT2D eigenvalue weighted by Crippen LogP contribution is 2.03. The molecule has 0 fully saturated rings. The minimum atomic E-state index is -0.594. The average Bonchev–Trinajstić information content (AvgIpc) is 2.69. The van der Waals surface area contributed by atoms with Crippen LogP contribution in [0.2, 0.25) is 0 Å². The fourth-order valence-electron chi connectivity index (χ4n) is 1.31. The second kappa shape index (κ2) is 3.97. The first-order valence-corrected chi connectivity index (χ1v) is 5.13. The Balaban J connectivity index is 2.47. The molecule has 16 heavy (non-hydrogen) atoms. The lowest BCUT2D eigenvalue weighted by Crippen LogP contribution is -2.27. The van der Waals surface area contributed by atoms with Gasteiger partial charge in [0.05, 0.1) is 6.04 Å². The van der Waals surface area contributed by atoms with Crippen LogP contribution in [-0.2, 0) is 6.42 Å². The van der Waals surface area contributed by atoms with Crippen molar-refractivity contribution in [2.24, 2.45) is 5.73 Å². The second-order valence-electron chi connectivity index (χ2n) is 3.65. The number of carbonyl (C=O) groups excluding carboxylic acids is 1. The largest absolute Gasteiger partial charge is 0.321 e. The molecule has 2 aromatic heterocycles. The van der Waals surface area contributed by atoms with E-state index in [1.54, 1.807) is 13.1 Å². The molecule has 0 spiro atoms. The van der Waals surface area contributed by atoms with E-state index in [0.29, 0.717) is 5.78 Å². The van der Waals surface area contributed by atoms with Gasteiger partial charge in [-0.05, 0) is 18.9 Å². The average molecular weight is 219 g/mol. The SMILES string of the molecule is CCc1cnc2nc(C(=O)C(C)N)nn2c1. The minimum absolute atomic E-state index is 0.121. The molecule has 6 heteroatoms. The van der Waals surface area contributed by atoms with Crippen LogP contribution in [0.1, 0.15) is 30.0 Å². The van der Waals surface area contributed by atoms with Crippen LogP contribution in [0, 0.1) is 0 Å². The van der Waals surface area contributed by atoms with Gasteiger partial charge in [-0.15, -0.1) is 5.10 Å². The van der Waals surface area contributed by atoms with Crippen molar-refractivity contribution in [2.75, 3.05) is 0 Å². The molecule has 0 aromatic carbocycles. The fraction of sp³-hybridized carbons (Fsp3) is 0.400. The summed E-state index contributed by atoms with van der Waals surface area (Å²) in [6, 6.07) is -0.594. The van der Waals surface area contributed by atoms with E-state index in [4.69, 9.17) is 5.73 Å². The molecule has 0 saturated carbocycles. The summed E-state index contributed by atoms with van der Waals surface area (Å²) >= 11 is 0. The predicted octanol–water partition coefficient (Wildman–Crippen LogP) is 0.217. The van der Waals surface area contributed by atoms with Gasteiger partial charge in [0.25, 0.3) is 5.78 Å². The van der Waals surface area contributed by atoms with Crippen LogP contribution in [0.5, 0.6) is 0 Å². The number of hydrogen-bond acceptors (Lipinski definition) is 5. The first-order chi connectivity index (χ1) is 7.61. The number of Topliss-reactive ketones (excluding diaryl/α,β-unsaturated/α-hetero) is 1. The van der Waals surface area contributed by atoms with E-state index in [2.05, 4.69) is 15.1 Å². The molecule has 0 aliphatic carbocycles. The molecule has 0 radical (unpaired) electrons. The molecule has 6 nitrogen and oxygen atoms in total. The molecule has 1 unspecified atom stereocenters. The third kappa shape index (κ3) is 1.79. The number of nitrogens with zero attached hydrogens (tertiary/aromatic N) is 4. The van der Waals surface area contributed by atoms with Crippen LogP contribution < -0.4 is 5.73 Å². The summed E-state index contributed by atoms with van der Waals surface area (Å²) in [5.74, 6) is 0.264. The van der Waals surface area contributed by atoms with Crippen molar-refractivity contribution in [2.45, 2.75) is 26.3 Å². The van der Waals surface area contributed by atoms with Crippen LogP contribution in [0.4, 0.5) is 0 Å². The van der Waals surface area contributed by atoms with Crippen molar-refractivity contribution in [1.29, 1.82) is 0 Å². The number of aromatic nitrogens is 4. The zero-order valence-corrected chi connectivity index (χ0v) is 9.21. The molecule has 0 aliphatic heterocycles. The van der Waals surface area contributed by atoms with Gasteiger partial charge in [0, 0.05) is 12.4 Å². The molecule has 0 saturated heterocycles. The van der Waals surface area contributed by atoms with Crippen molar-refractivity contribution in [3.8, 4) is 0 Å². The van der Waals surface area contributed by atoms with E-state index in [-0.39, 0.29) is 11.6 Å².